The summed E-state index contributed by atoms with van der Waals surface area (Å²) in [5.41, 5.74) is 1.23. The molecule has 2 N–H and O–H groups in total. The number of nitrogens with one attached hydrogen (secondary N) is 2. The van der Waals surface area contributed by atoms with Crippen molar-refractivity contribution in [1.29, 1.82) is 0 Å². The van der Waals surface area contributed by atoms with Gasteiger partial charge in [0.1, 0.15) is 5.75 Å². The molecule has 1 heterocycles. The number of hydrogen-bond acceptors (Lipinski definition) is 4. The molecule has 0 bridgehead atoms. The highest BCUT2D eigenvalue weighted by molar-refractivity contribution is 5.81. The first-order valence-corrected chi connectivity index (χ1v) is 7.44. The van der Waals surface area contributed by atoms with Gasteiger partial charge in [-0.1, -0.05) is 18.2 Å². The number of carbonyl (C=O) groups is 1. The number of amides is 1. The highest BCUT2D eigenvalue weighted by atomic mass is 16.5. The van der Waals surface area contributed by atoms with Gasteiger partial charge in [-0.25, -0.2) is 0 Å². The second-order valence-corrected chi connectivity index (χ2v) is 5.29. The average Bonchev–Trinajstić information content (AvgIpc) is 2.52. The van der Waals surface area contributed by atoms with E-state index in [0.717, 1.165) is 25.3 Å². The van der Waals surface area contributed by atoms with Crippen LogP contribution in [0.1, 0.15) is 24.8 Å². The van der Waals surface area contributed by atoms with Gasteiger partial charge in [-0.3, -0.25) is 4.79 Å². The number of fused-ring (bicyclic) bond motifs is 1. The number of para-hydroxylation sites is 1. The second-order valence-electron chi connectivity index (χ2n) is 5.29. The molecule has 5 heteroatoms. The molecule has 116 valence electrons. The molecule has 0 fully saturated rings. The van der Waals surface area contributed by atoms with E-state index in [-0.39, 0.29) is 11.9 Å². The van der Waals surface area contributed by atoms with Crippen LogP contribution >= 0.6 is 0 Å². The lowest BCUT2D eigenvalue weighted by atomic mass is 9.93. The van der Waals surface area contributed by atoms with E-state index >= 15 is 0 Å². The van der Waals surface area contributed by atoms with Crippen molar-refractivity contribution in [2.75, 3.05) is 33.4 Å². The lowest BCUT2D eigenvalue weighted by molar-refractivity contribution is -0.122. The molecule has 1 aliphatic heterocycles. The smallest absolute Gasteiger partial charge is 0.236 e. The molecule has 1 amide bonds. The third-order valence-corrected chi connectivity index (χ3v) is 3.75. The fourth-order valence-electron chi connectivity index (χ4n) is 2.47. The molecule has 1 aliphatic rings. The number of hydrogen-bond donors (Lipinski definition) is 2. The molecule has 1 aromatic rings. The highest BCUT2D eigenvalue weighted by Gasteiger charge is 2.22. The number of carbonyl (C=O) groups excluding carboxylic acids is 1. The SMILES string of the molecule is COCCNC(=O)C(C)NCC1CCOc2ccccc21. The van der Waals surface area contributed by atoms with Crippen LogP contribution in [0.5, 0.6) is 5.75 Å². The Morgan fingerprint density at radius 1 is 1.48 bits per heavy atom. The molecule has 21 heavy (non-hydrogen) atoms. The predicted octanol–water partition coefficient (Wildman–Crippen LogP) is 1.29. The Balaban J connectivity index is 1.82. The molecule has 0 aliphatic carbocycles. The van der Waals surface area contributed by atoms with E-state index in [1.54, 1.807) is 7.11 Å². The van der Waals surface area contributed by atoms with Crippen LogP contribution < -0.4 is 15.4 Å². The van der Waals surface area contributed by atoms with Crippen LogP contribution in [0.15, 0.2) is 24.3 Å². The van der Waals surface area contributed by atoms with E-state index in [2.05, 4.69) is 16.7 Å². The van der Waals surface area contributed by atoms with Crippen molar-refractivity contribution in [2.24, 2.45) is 0 Å². The van der Waals surface area contributed by atoms with Crippen LogP contribution in [0.25, 0.3) is 0 Å². The average molecular weight is 292 g/mol. The monoisotopic (exact) mass is 292 g/mol. The third kappa shape index (κ3) is 4.44. The Morgan fingerprint density at radius 2 is 2.29 bits per heavy atom. The molecule has 0 radical (unpaired) electrons. The molecule has 1 aromatic carbocycles. The molecular formula is C16H24N2O3. The van der Waals surface area contributed by atoms with Gasteiger partial charge in [0, 0.05) is 26.1 Å². The minimum Gasteiger partial charge on any atom is -0.493 e. The van der Waals surface area contributed by atoms with Gasteiger partial charge >= 0.3 is 0 Å². The maximum Gasteiger partial charge on any atom is 0.236 e. The lowest BCUT2D eigenvalue weighted by Crippen LogP contribution is -2.44. The highest BCUT2D eigenvalue weighted by Crippen LogP contribution is 2.32. The van der Waals surface area contributed by atoms with Crippen molar-refractivity contribution in [1.82, 2.24) is 10.6 Å². The van der Waals surface area contributed by atoms with Gasteiger partial charge in [-0.05, 0) is 25.0 Å². The van der Waals surface area contributed by atoms with Crippen molar-refractivity contribution in [3.63, 3.8) is 0 Å². The van der Waals surface area contributed by atoms with E-state index in [1.165, 1.54) is 5.56 Å². The number of methoxy groups -OCH3 is 1. The molecule has 5 nitrogen and oxygen atoms in total. The molecular weight excluding hydrogens is 268 g/mol. The summed E-state index contributed by atoms with van der Waals surface area (Å²) in [6, 6.07) is 7.91. The molecule has 2 atom stereocenters. The summed E-state index contributed by atoms with van der Waals surface area (Å²) in [4.78, 5) is 11.9. The van der Waals surface area contributed by atoms with Gasteiger partial charge in [0.05, 0.1) is 19.3 Å². The number of ether oxygens (including phenoxy) is 2. The Kier molecular flexibility index (Phi) is 6.02. The quantitative estimate of drug-likeness (QED) is 0.744. The summed E-state index contributed by atoms with van der Waals surface area (Å²) >= 11 is 0. The minimum absolute atomic E-state index is 0.00685. The first-order chi connectivity index (χ1) is 10.2. The van der Waals surface area contributed by atoms with Crippen molar-refractivity contribution < 1.29 is 14.3 Å². The summed E-state index contributed by atoms with van der Waals surface area (Å²) in [5.74, 6) is 1.37. The number of benzene rings is 1. The molecule has 0 saturated heterocycles. The number of rotatable bonds is 7. The fraction of sp³-hybridized carbons (Fsp3) is 0.562. The van der Waals surface area contributed by atoms with Gasteiger partial charge < -0.3 is 20.1 Å². The Bertz CT molecular complexity index is 465. The van der Waals surface area contributed by atoms with Gasteiger partial charge in [-0.2, -0.15) is 0 Å². The largest absolute Gasteiger partial charge is 0.493 e. The van der Waals surface area contributed by atoms with Crippen molar-refractivity contribution in [3.05, 3.63) is 29.8 Å². The van der Waals surface area contributed by atoms with Gasteiger partial charge in [0.2, 0.25) is 5.91 Å². The van der Waals surface area contributed by atoms with Crippen molar-refractivity contribution >= 4 is 5.91 Å². The molecule has 2 unspecified atom stereocenters. The van der Waals surface area contributed by atoms with E-state index in [4.69, 9.17) is 9.47 Å². The molecule has 0 aromatic heterocycles. The summed E-state index contributed by atoms with van der Waals surface area (Å²) in [7, 11) is 1.62. The van der Waals surface area contributed by atoms with Gasteiger partial charge in [0.15, 0.2) is 0 Å². The first-order valence-electron chi connectivity index (χ1n) is 7.44. The van der Waals surface area contributed by atoms with E-state index < -0.39 is 0 Å². The Labute approximate surface area is 126 Å². The summed E-state index contributed by atoms with van der Waals surface area (Å²) in [5, 5.41) is 6.15. The van der Waals surface area contributed by atoms with Gasteiger partial charge in [-0.15, -0.1) is 0 Å². The van der Waals surface area contributed by atoms with E-state index in [0.29, 0.717) is 19.1 Å². The zero-order valence-electron chi connectivity index (χ0n) is 12.7. The van der Waals surface area contributed by atoms with Crippen molar-refractivity contribution in [3.8, 4) is 5.75 Å². The Hall–Kier alpha value is -1.59. The standard InChI is InChI=1S/C16H24N2O3/c1-12(16(19)17-8-10-20-2)18-11-13-7-9-21-15-6-4-3-5-14(13)15/h3-6,12-13,18H,7-11H2,1-2H3,(H,17,19). The van der Waals surface area contributed by atoms with Crippen LogP contribution in [0.3, 0.4) is 0 Å². The predicted molar refractivity (Wildman–Crippen MR) is 81.6 cm³/mol. The van der Waals surface area contributed by atoms with Crippen LogP contribution in [0.4, 0.5) is 0 Å². The molecule has 0 spiro atoms. The van der Waals surface area contributed by atoms with Crippen molar-refractivity contribution in [2.45, 2.75) is 25.3 Å². The summed E-state index contributed by atoms with van der Waals surface area (Å²) in [6.07, 6.45) is 0.974. The molecule has 0 saturated carbocycles. The summed E-state index contributed by atoms with van der Waals surface area (Å²) < 4.78 is 10.6. The first kappa shape index (κ1) is 15.8. The van der Waals surface area contributed by atoms with Crippen LogP contribution in [-0.4, -0.2) is 45.4 Å². The van der Waals surface area contributed by atoms with Crippen LogP contribution in [0, 0.1) is 0 Å². The zero-order chi connectivity index (χ0) is 15.1. The molecule has 2 rings (SSSR count). The normalized spacial score (nSPS) is 18.5. The van der Waals surface area contributed by atoms with Crippen LogP contribution in [-0.2, 0) is 9.53 Å². The minimum atomic E-state index is -0.211. The van der Waals surface area contributed by atoms with E-state index in [9.17, 15) is 4.79 Å². The fourth-order valence-corrected chi connectivity index (χ4v) is 2.47. The maximum atomic E-state index is 11.9. The lowest BCUT2D eigenvalue weighted by Gasteiger charge is -2.27. The second kappa shape index (κ2) is 8.00. The van der Waals surface area contributed by atoms with Gasteiger partial charge in [0.25, 0.3) is 0 Å². The topological polar surface area (TPSA) is 59.6 Å². The van der Waals surface area contributed by atoms with Crippen LogP contribution in [0.2, 0.25) is 0 Å². The third-order valence-electron chi connectivity index (χ3n) is 3.75. The Morgan fingerprint density at radius 3 is 3.10 bits per heavy atom. The summed E-state index contributed by atoms with van der Waals surface area (Å²) in [6.45, 7) is 4.47. The van der Waals surface area contributed by atoms with E-state index in [1.807, 2.05) is 25.1 Å². The zero-order valence-corrected chi connectivity index (χ0v) is 12.7. The maximum absolute atomic E-state index is 11.9.